The van der Waals surface area contributed by atoms with Crippen molar-refractivity contribution in [2.75, 3.05) is 6.54 Å². The molecular weight excluding hydrogens is 298 g/mol. The van der Waals surface area contributed by atoms with E-state index in [1.54, 1.807) is 11.8 Å². The molecule has 1 fully saturated rings. The van der Waals surface area contributed by atoms with Crippen LogP contribution in [0, 0.1) is 0 Å². The predicted molar refractivity (Wildman–Crippen MR) is 76.7 cm³/mol. The molecule has 0 radical (unpaired) electrons. The number of aromatic nitrogens is 2. The standard InChI is InChI=1S/C13H14ClN3O2S/c14-8-2-1-3-10(4-8)20-7-12-16-13(19-17-12)11-5-9(18)6-15-11/h1-4,9,11,15,18H,5-7H2/t9-,11+/m1/s1. The summed E-state index contributed by atoms with van der Waals surface area (Å²) in [6.45, 7) is 0.569. The maximum Gasteiger partial charge on any atom is 0.243 e. The predicted octanol–water partition coefficient (Wildman–Crippen LogP) is 2.41. The first-order valence-electron chi connectivity index (χ1n) is 6.33. The number of nitrogens with zero attached hydrogens (tertiary/aromatic N) is 2. The van der Waals surface area contributed by atoms with Gasteiger partial charge in [0, 0.05) is 16.5 Å². The van der Waals surface area contributed by atoms with Gasteiger partial charge in [0.15, 0.2) is 5.82 Å². The molecule has 2 heterocycles. The maximum absolute atomic E-state index is 9.48. The topological polar surface area (TPSA) is 71.2 Å². The number of benzene rings is 1. The van der Waals surface area contributed by atoms with E-state index in [4.69, 9.17) is 16.1 Å². The molecule has 0 spiro atoms. The summed E-state index contributed by atoms with van der Waals surface area (Å²) >= 11 is 7.54. The molecule has 1 aliphatic heterocycles. The number of hydrogen-bond donors (Lipinski definition) is 2. The van der Waals surface area contributed by atoms with Crippen molar-refractivity contribution < 1.29 is 9.63 Å². The molecule has 0 aliphatic carbocycles. The molecule has 1 aliphatic rings. The molecule has 7 heteroatoms. The summed E-state index contributed by atoms with van der Waals surface area (Å²) in [4.78, 5) is 5.43. The molecule has 1 aromatic carbocycles. The van der Waals surface area contributed by atoms with Crippen LogP contribution in [0.2, 0.25) is 5.02 Å². The lowest BCUT2D eigenvalue weighted by Crippen LogP contribution is -2.15. The van der Waals surface area contributed by atoms with Crippen molar-refractivity contribution in [2.45, 2.75) is 29.2 Å². The zero-order valence-corrected chi connectivity index (χ0v) is 12.2. The van der Waals surface area contributed by atoms with Crippen LogP contribution in [0.25, 0.3) is 0 Å². The number of β-amino-alcohol motifs (C(OH)–C–C–N with tert-alkyl or cyclic N) is 1. The van der Waals surface area contributed by atoms with Gasteiger partial charge in [-0.3, -0.25) is 0 Å². The van der Waals surface area contributed by atoms with Crippen LogP contribution in [0.5, 0.6) is 0 Å². The molecule has 106 valence electrons. The first kappa shape index (κ1) is 13.9. The highest BCUT2D eigenvalue weighted by molar-refractivity contribution is 7.98. The Morgan fingerprint density at radius 3 is 3.15 bits per heavy atom. The van der Waals surface area contributed by atoms with Gasteiger partial charge in [0.25, 0.3) is 0 Å². The Kier molecular flexibility index (Phi) is 4.26. The van der Waals surface area contributed by atoms with Gasteiger partial charge in [-0.1, -0.05) is 22.8 Å². The molecule has 2 aromatic rings. The van der Waals surface area contributed by atoms with Gasteiger partial charge in [0.05, 0.1) is 17.9 Å². The molecule has 20 heavy (non-hydrogen) atoms. The number of hydrogen-bond acceptors (Lipinski definition) is 6. The first-order chi connectivity index (χ1) is 9.70. The zero-order valence-electron chi connectivity index (χ0n) is 10.6. The number of aliphatic hydroxyl groups excluding tert-OH is 1. The van der Waals surface area contributed by atoms with E-state index in [2.05, 4.69) is 15.5 Å². The number of nitrogens with one attached hydrogen (secondary N) is 1. The quantitative estimate of drug-likeness (QED) is 0.845. The fourth-order valence-electron chi connectivity index (χ4n) is 2.08. The van der Waals surface area contributed by atoms with Crippen molar-refractivity contribution in [3.8, 4) is 0 Å². The highest BCUT2D eigenvalue weighted by atomic mass is 35.5. The Balaban J connectivity index is 1.60. The van der Waals surface area contributed by atoms with Gasteiger partial charge in [-0.25, -0.2) is 0 Å². The average molecular weight is 312 g/mol. The van der Waals surface area contributed by atoms with Gasteiger partial charge < -0.3 is 14.9 Å². The SMILES string of the molecule is O[C@H]1CN[C@H](c2nc(CSc3cccc(Cl)c3)no2)C1. The van der Waals surface area contributed by atoms with Crippen LogP contribution >= 0.6 is 23.4 Å². The Morgan fingerprint density at radius 2 is 2.40 bits per heavy atom. The van der Waals surface area contributed by atoms with E-state index in [1.165, 1.54) is 0 Å². The van der Waals surface area contributed by atoms with E-state index < -0.39 is 0 Å². The summed E-state index contributed by atoms with van der Waals surface area (Å²) < 4.78 is 5.23. The molecule has 1 aromatic heterocycles. The minimum atomic E-state index is -0.337. The molecule has 2 N–H and O–H groups in total. The monoisotopic (exact) mass is 311 g/mol. The number of halogens is 1. The second kappa shape index (κ2) is 6.13. The van der Waals surface area contributed by atoms with E-state index in [0.29, 0.717) is 35.5 Å². The largest absolute Gasteiger partial charge is 0.392 e. The van der Waals surface area contributed by atoms with Crippen molar-refractivity contribution in [3.05, 3.63) is 41.0 Å². The number of aliphatic hydroxyl groups is 1. The van der Waals surface area contributed by atoms with Crippen LogP contribution in [-0.4, -0.2) is 27.9 Å². The first-order valence-corrected chi connectivity index (χ1v) is 7.69. The lowest BCUT2D eigenvalue weighted by atomic mass is 10.2. The Morgan fingerprint density at radius 1 is 1.50 bits per heavy atom. The van der Waals surface area contributed by atoms with Crippen LogP contribution in [0.3, 0.4) is 0 Å². The number of rotatable bonds is 4. The van der Waals surface area contributed by atoms with Crippen molar-refractivity contribution >= 4 is 23.4 Å². The van der Waals surface area contributed by atoms with Crippen LogP contribution in [0.15, 0.2) is 33.7 Å². The van der Waals surface area contributed by atoms with Gasteiger partial charge in [-0.05, 0) is 24.6 Å². The molecule has 1 saturated heterocycles. The van der Waals surface area contributed by atoms with Crippen LogP contribution < -0.4 is 5.32 Å². The van der Waals surface area contributed by atoms with E-state index in [-0.39, 0.29) is 12.1 Å². The molecule has 2 atom stereocenters. The normalized spacial score (nSPS) is 22.3. The summed E-state index contributed by atoms with van der Waals surface area (Å²) in [5.74, 6) is 1.82. The highest BCUT2D eigenvalue weighted by Gasteiger charge is 2.27. The Bertz CT molecular complexity index is 593. The Hall–Kier alpha value is -1.08. The lowest BCUT2D eigenvalue weighted by molar-refractivity contribution is 0.191. The zero-order chi connectivity index (χ0) is 13.9. The van der Waals surface area contributed by atoms with Gasteiger partial charge in [-0.2, -0.15) is 4.98 Å². The molecule has 5 nitrogen and oxygen atoms in total. The smallest absolute Gasteiger partial charge is 0.243 e. The fraction of sp³-hybridized carbons (Fsp3) is 0.385. The van der Waals surface area contributed by atoms with E-state index in [1.807, 2.05) is 24.3 Å². The van der Waals surface area contributed by atoms with Crippen molar-refractivity contribution in [1.29, 1.82) is 0 Å². The molecule has 3 rings (SSSR count). The number of thioether (sulfide) groups is 1. The second-order valence-electron chi connectivity index (χ2n) is 4.65. The Labute approximate surface area is 125 Å². The van der Waals surface area contributed by atoms with Crippen molar-refractivity contribution in [3.63, 3.8) is 0 Å². The van der Waals surface area contributed by atoms with Gasteiger partial charge in [-0.15, -0.1) is 11.8 Å². The lowest BCUT2D eigenvalue weighted by Gasteiger charge is -2.01. The molecular formula is C13H14ClN3O2S. The molecule has 0 saturated carbocycles. The summed E-state index contributed by atoms with van der Waals surface area (Å²) in [7, 11) is 0. The van der Waals surface area contributed by atoms with Gasteiger partial charge >= 0.3 is 0 Å². The third-order valence-electron chi connectivity index (χ3n) is 3.05. The van der Waals surface area contributed by atoms with Crippen LogP contribution in [0.4, 0.5) is 0 Å². The average Bonchev–Trinajstić information content (AvgIpc) is 3.05. The fourth-order valence-corrected chi connectivity index (χ4v) is 3.13. The highest BCUT2D eigenvalue weighted by Crippen LogP contribution is 2.26. The van der Waals surface area contributed by atoms with E-state index >= 15 is 0 Å². The summed E-state index contributed by atoms with van der Waals surface area (Å²) in [6.07, 6.45) is 0.277. The van der Waals surface area contributed by atoms with Gasteiger partial charge in [0.2, 0.25) is 5.89 Å². The van der Waals surface area contributed by atoms with Crippen LogP contribution in [-0.2, 0) is 5.75 Å². The minimum Gasteiger partial charge on any atom is -0.392 e. The van der Waals surface area contributed by atoms with Gasteiger partial charge in [0.1, 0.15) is 0 Å². The van der Waals surface area contributed by atoms with Crippen molar-refractivity contribution in [1.82, 2.24) is 15.5 Å². The maximum atomic E-state index is 9.48. The molecule has 0 amide bonds. The van der Waals surface area contributed by atoms with E-state index in [0.717, 1.165) is 4.90 Å². The summed E-state index contributed by atoms with van der Waals surface area (Å²) in [6, 6.07) is 7.61. The minimum absolute atomic E-state index is 0.0394. The summed E-state index contributed by atoms with van der Waals surface area (Å²) in [5, 5.41) is 17.3. The third kappa shape index (κ3) is 3.32. The molecule has 0 unspecified atom stereocenters. The third-order valence-corrected chi connectivity index (χ3v) is 4.28. The van der Waals surface area contributed by atoms with E-state index in [9.17, 15) is 5.11 Å². The summed E-state index contributed by atoms with van der Waals surface area (Å²) in [5.41, 5.74) is 0. The second-order valence-corrected chi connectivity index (χ2v) is 6.13. The molecule has 0 bridgehead atoms. The van der Waals surface area contributed by atoms with Crippen molar-refractivity contribution in [2.24, 2.45) is 0 Å². The van der Waals surface area contributed by atoms with Crippen LogP contribution in [0.1, 0.15) is 24.2 Å².